The minimum Gasteiger partial charge on any atom is -0.493 e. The molecule has 0 unspecified atom stereocenters. The lowest BCUT2D eigenvalue weighted by Crippen LogP contribution is -2.43. The summed E-state index contributed by atoms with van der Waals surface area (Å²) in [6.07, 6.45) is 1.66. The number of halogens is 1. The lowest BCUT2D eigenvalue weighted by atomic mass is 9.98. The van der Waals surface area contributed by atoms with Gasteiger partial charge < -0.3 is 19.6 Å². The van der Waals surface area contributed by atoms with Crippen molar-refractivity contribution in [3.8, 4) is 11.5 Å². The number of hydrogen-bond acceptors (Lipinski definition) is 7. The van der Waals surface area contributed by atoms with Gasteiger partial charge in [0.2, 0.25) is 0 Å². The molecule has 32 heavy (non-hydrogen) atoms. The van der Waals surface area contributed by atoms with Crippen molar-refractivity contribution in [3.05, 3.63) is 57.1 Å². The summed E-state index contributed by atoms with van der Waals surface area (Å²) in [4.78, 5) is 11.6. The predicted molar refractivity (Wildman–Crippen MR) is 119 cm³/mol. The summed E-state index contributed by atoms with van der Waals surface area (Å²) in [5.74, 6) is 0.793. The molecule has 1 aliphatic heterocycles. The van der Waals surface area contributed by atoms with E-state index in [9.17, 15) is 18.5 Å². The highest BCUT2D eigenvalue weighted by Crippen LogP contribution is 2.33. The number of aryl methyl sites for hydroxylation is 1. The van der Waals surface area contributed by atoms with E-state index in [-0.39, 0.29) is 17.6 Å². The summed E-state index contributed by atoms with van der Waals surface area (Å²) in [6, 6.07) is 8.20. The van der Waals surface area contributed by atoms with E-state index in [1.165, 1.54) is 18.2 Å². The van der Waals surface area contributed by atoms with Crippen molar-refractivity contribution < 1.29 is 22.3 Å². The van der Waals surface area contributed by atoms with E-state index in [1.807, 2.05) is 0 Å². The smallest absolute Gasteiger partial charge is 0.340 e. The van der Waals surface area contributed by atoms with Crippen LogP contribution in [0.1, 0.15) is 18.4 Å². The third-order valence-corrected chi connectivity index (χ3v) is 6.88. The van der Waals surface area contributed by atoms with Gasteiger partial charge in [0, 0.05) is 25.2 Å². The monoisotopic (exact) mass is 482 g/mol. The predicted octanol–water partition coefficient (Wildman–Crippen LogP) is 3.31. The number of nitrogens with one attached hydrogen (secondary N) is 1. The third-order valence-electron chi connectivity index (χ3n) is 5.08. The van der Waals surface area contributed by atoms with Crippen LogP contribution in [0.5, 0.6) is 11.5 Å². The van der Waals surface area contributed by atoms with Gasteiger partial charge in [0.25, 0.3) is 5.69 Å². The Bertz CT molecular complexity index is 1130. The van der Waals surface area contributed by atoms with E-state index in [1.54, 1.807) is 17.9 Å². The summed E-state index contributed by atoms with van der Waals surface area (Å²) >= 11 is 5.93. The van der Waals surface area contributed by atoms with Crippen LogP contribution >= 0.6 is 11.6 Å². The SMILES string of the molecule is Cc1cc(OCC2CCN(C(=N)N)CC2)cc(OS(=O)(=O)c2cccc([N+](=O)[O-])c2Cl)c1. The number of ether oxygens (including phenoxy) is 1. The van der Waals surface area contributed by atoms with Crippen molar-refractivity contribution in [1.29, 1.82) is 5.41 Å². The average molecular weight is 483 g/mol. The number of piperidine rings is 1. The molecule has 10 nitrogen and oxygen atoms in total. The fourth-order valence-corrected chi connectivity index (χ4v) is 4.89. The molecular formula is C20H23ClN4O6S. The van der Waals surface area contributed by atoms with Gasteiger partial charge in [0.15, 0.2) is 5.96 Å². The van der Waals surface area contributed by atoms with E-state index in [0.717, 1.165) is 25.0 Å². The Morgan fingerprint density at radius 1 is 1.28 bits per heavy atom. The van der Waals surface area contributed by atoms with Gasteiger partial charge in [0.1, 0.15) is 21.4 Å². The summed E-state index contributed by atoms with van der Waals surface area (Å²) in [7, 11) is -4.41. The normalized spacial score (nSPS) is 14.8. The maximum absolute atomic E-state index is 12.7. The minimum absolute atomic E-state index is 0.00831. The Balaban J connectivity index is 1.71. The zero-order chi connectivity index (χ0) is 23.5. The fraction of sp³-hybridized carbons (Fsp3) is 0.350. The highest BCUT2D eigenvalue weighted by Gasteiger charge is 2.27. The number of guanidine groups is 1. The van der Waals surface area contributed by atoms with Crippen LogP contribution in [0.4, 0.5) is 5.69 Å². The molecule has 0 radical (unpaired) electrons. The Morgan fingerprint density at radius 3 is 2.56 bits per heavy atom. The van der Waals surface area contributed by atoms with E-state index in [4.69, 9.17) is 31.7 Å². The van der Waals surface area contributed by atoms with Gasteiger partial charge in [-0.25, -0.2) is 0 Å². The molecule has 0 spiro atoms. The lowest BCUT2D eigenvalue weighted by molar-refractivity contribution is -0.384. The number of nitro groups is 1. The lowest BCUT2D eigenvalue weighted by Gasteiger charge is -2.32. The zero-order valence-electron chi connectivity index (χ0n) is 17.3. The molecule has 0 aromatic heterocycles. The fourth-order valence-electron chi connectivity index (χ4n) is 3.40. The molecule has 3 N–H and O–H groups in total. The molecule has 3 rings (SSSR count). The Morgan fingerprint density at radius 2 is 1.94 bits per heavy atom. The average Bonchev–Trinajstić information content (AvgIpc) is 2.71. The van der Waals surface area contributed by atoms with E-state index >= 15 is 0 Å². The highest BCUT2D eigenvalue weighted by molar-refractivity contribution is 7.87. The Labute approximate surface area is 190 Å². The summed E-state index contributed by atoms with van der Waals surface area (Å²) < 4.78 is 36.5. The first-order valence-electron chi connectivity index (χ1n) is 9.77. The first-order chi connectivity index (χ1) is 15.1. The van der Waals surface area contributed by atoms with Crippen LogP contribution in [0, 0.1) is 28.4 Å². The molecule has 0 saturated carbocycles. The molecule has 0 bridgehead atoms. The van der Waals surface area contributed by atoms with Gasteiger partial charge in [-0.15, -0.1) is 0 Å². The number of hydrogen-bond donors (Lipinski definition) is 2. The van der Waals surface area contributed by atoms with Crippen molar-refractivity contribution in [1.82, 2.24) is 4.90 Å². The molecule has 2 aromatic rings. The number of nitrogens with two attached hydrogens (primary N) is 1. The number of benzene rings is 2. The highest BCUT2D eigenvalue weighted by atomic mass is 35.5. The van der Waals surface area contributed by atoms with Crippen molar-refractivity contribution in [2.24, 2.45) is 11.7 Å². The molecule has 0 amide bonds. The largest absolute Gasteiger partial charge is 0.493 e. The molecule has 0 atom stereocenters. The Kier molecular flexibility index (Phi) is 7.09. The molecule has 172 valence electrons. The van der Waals surface area contributed by atoms with Crippen LogP contribution < -0.4 is 14.7 Å². The number of likely N-dealkylation sites (tertiary alicyclic amines) is 1. The van der Waals surface area contributed by atoms with Crippen molar-refractivity contribution >= 4 is 33.4 Å². The standard InChI is InChI=1S/C20H23ClN4O6S/c1-13-9-15(30-12-14-5-7-24(8-6-14)20(22)23)11-16(10-13)31-32(28,29)18-4-2-3-17(19(18)21)25(26)27/h2-4,9-11,14H,5-8,12H2,1H3,(H3,22,23). The molecular weight excluding hydrogens is 460 g/mol. The van der Waals surface area contributed by atoms with Gasteiger partial charge in [0.05, 0.1) is 11.5 Å². The van der Waals surface area contributed by atoms with E-state index in [0.29, 0.717) is 31.0 Å². The number of nitro benzene ring substituents is 1. The number of rotatable bonds is 7. The maximum atomic E-state index is 12.7. The van der Waals surface area contributed by atoms with Crippen LogP contribution in [-0.4, -0.2) is 43.9 Å². The summed E-state index contributed by atoms with van der Waals surface area (Å²) in [6.45, 7) is 3.57. The molecule has 1 aliphatic rings. The third kappa shape index (κ3) is 5.60. The van der Waals surface area contributed by atoms with Crippen LogP contribution in [0.2, 0.25) is 5.02 Å². The summed E-state index contributed by atoms with van der Waals surface area (Å²) in [5.41, 5.74) is 5.69. The molecule has 12 heteroatoms. The molecule has 2 aromatic carbocycles. The van der Waals surface area contributed by atoms with Crippen molar-refractivity contribution in [2.45, 2.75) is 24.7 Å². The maximum Gasteiger partial charge on any atom is 0.340 e. The second-order valence-corrected chi connectivity index (χ2v) is 9.38. The topological polar surface area (TPSA) is 149 Å². The first kappa shape index (κ1) is 23.6. The van der Waals surface area contributed by atoms with Gasteiger partial charge in [-0.05, 0) is 49.4 Å². The molecule has 1 saturated heterocycles. The van der Waals surface area contributed by atoms with E-state index in [2.05, 4.69) is 0 Å². The second kappa shape index (κ2) is 9.61. The first-order valence-corrected chi connectivity index (χ1v) is 11.6. The quantitative estimate of drug-likeness (QED) is 0.200. The van der Waals surface area contributed by atoms with Crippen LogP contribution in [0.3, 0.4) is 0 Å². The second-order valence-electron chi connectivity index (χ2n) is 7.49. The van der Waals surface area contributed by atoms with Crippen LogP contribution in [-0.2, 0) is 10.1 Å². The minimum atomic E-state index is -4.41. The van der Waals surface area contributed by atoms with Gasteiger partial charge >= 0.3 is 10.1 Å². The zero-order valence-corrected chi connectivity index (χ0v) is 18.9. The van der Waals surface area contributed by atoms with Gasteiger partial charge in [-0.1, -0.05) is 17.7 Å². The molecule has 0 aliphatic carbocycles. The van der Waals surface area contributed by atoms with Crippen molar-refractivity contribution in [3.63, 3.8) is 0 Å². The van der Waals surface area contributed by atoms with E-state index < -0.39 is 30.6 Å². The van der Waals surface area contributed by atoms with Crippen molar-refractivity contribution in [2.75, 3.05) is 19.7 Å². The van der Waals surface area contributed by atoms with Crippen LogP contribution in [0.15, 0.2) is 41.3 Å². The Hall–Kier alpha value is -3.05. The van der Waals surface area contributed by atoms with Gasteiger partial charge in [-0.3, -0.25) is 15.5 Å². The van der Waals surface area contributed by atoms with Gasteiger partial charge in [-0.2, -0.15) is 8.42 Å². The summed E-state index contributed by atoms with van der Waals surface area (Å²) in [5, 5.41) is 18.0. The number of nitrogens with zero attached hydrogens (tertiary/aromatic N) is 2. The van der Waals surface area contributed by atoms with Crippen LogP contribution in [0.25, 0.3) is 0 Å². The molecule has 1 heterocycles. The molecule has 1 fully saturated rings.